The van der Waals surface area contributed by atoms with Gasteiger partial charge in [0.05, 0.1) is 18.8 Å². The van der Waals surface area contributed by atoms with Crippen molar-refractivity contribution in [3.05, 3.63) is 34.9 Å². The molecule has 0 radical (unpaired) electrons. The normalized spacial score (nSPS) is 18.7. The average Bonchev–Trinajstić information content (AvgIpc) is 2.48. The lowest BCUT2D eigenvalue weighted by atomic mass is 9.97. The van der Waals surface area contributed by atoms with Gasteiger partial charge >= 0.3 is 11.9 Å². The van der Waals surface area contributed by atoms with Gasteiger partial charge in [0.15, 0.2) is 0 Å². The number of hydrogen-bond acceptors (Lipinski definition) is 4. The Balaban J connectivity index is 3.14. The van der Waals surface area contributed by atoms with Crippen LogP contribution in [0.1, 0.15) is 27.7 Å². The molecular weight excluding hydrogens is 244 g/mol. The molecule has 1 aliphatic rings. The molecule has 0 aromatic rings. The van der Waals surface area contributed by atoms with Crippen LogP contribution >= 0.6 is 0 Å². The smallest absolute Gasteiger partial charge is 0.335 e. The Hall–Kier alpha value is -1.84. The highest BCUT2D eigenvalue weighted by atomic mass is 16.5. The van der Waals surface area contributed by atoms with Crippen LogP contribution in [-0.4, -0.2) is 25.2 Å². The molecule has 19 heavy (non-hydrogen) atoms. The van der Waals surface area contributed by atoms with E-state index in [1.165, 1.54) is 0 Å². The van der Waals surface area contributed by atoms with E-state index in [4.69, 9.17) is 9.47 Å². The molecule has 0 N–H and O–H groups in total. The highest BCUT2D eigenvalue weighted by Crippen LogP contribution is 2.24. The summed E-state index contributed by atoms with van der Waals surface area (Å²) in [5.41, 5.74) is 2.15. The standard InChI is InChI=1S/C15H20O4/c1-5-18-14(16)12-8-10(3)7-11(4)9-13(12)15(17)19-6-2/h7-9,12H,5-6H2,1-4H3. The maximum Gasteiger partial charge on any atom is 0.335 e. The molecular formula is C15H20O4. The first-order valence-corrected chi connectivity index (χ1v) is 6.41. The SMILES string of the molecule is CCOC(=O)C1=CC(C)=CC(C)=CC1C(=O)OCC. The van der Waals surface area contributed by atoms with E-state index in [1.807, 2.05) is 19.9 Å². The van der Waals surface area contributed by atoms with E-state index < -0.39 is 17.9 Å². The van der Waals surface area contributed by atoms with Crippen molar-refractivity contribution in [2.45, 2.75) is 27.7 Å². The Morgan fingerprint density at radius 1 is 1.05 bits per heavy atom. The Bertz CT molecular complexity index is 455. The number of carbonyl (C=O) groups is 2. The summed E-state index contributed by atoms with van der Waals surface area (Å²) in [6.07, 6.45) is 5.34. The fraction of sp³-hybridized carbons (Fsp3) is 0.467. The van der Waals surface area contributed by atoms with E-state index in [1.54, 1.807) is 26.0 Å². The third kappa shape index (κ3) is 4.09. The minimum absolute atomic E-state index is 0.275. The lowest BCUT2D eigenvalue weighted by Gasteiger charge is -2.14. The van der Waals surface area contributed by atoms with Gasteiger partial charge in [-0.25, -0.2) is 4.79 Å². The molecule has 1 unspecified atom stereocenters. The van der Waals surface area contributed by atoms with Crippen molar-refractivity contribution in [2.24, 2.45) is 5.92 Å². The number of rotatable bonds is 4. The van der Waals surface area contributed by atoms with Crippen molar-refractivity contribution in [2.75, 3.05) is 13.2 Å². The molecule has 4 nitrogen and oxygen atoms in total. The number of carbonyl (C=O) groups excluding carboxylic acids is 2. The highest BCUT2D eigenvalue weighted by Gasteiger charge is 2.29. The molecule has 0 saturated heterocycles. The Morgan fingerprint density at radius 2 is 1.68 bits per heavy atom. The summed E-state index contributed by atoms with van der Waals surface area (Å²) < 4.78 is 10.0. The highest BCUT2D eigenvalue weighted by molar-refractivity contribution is 5.97. The molecule has 1 atom stereocenters. The topological polar surface area (TPSA) is 52.6 Å². The van der Waals surface area contributed by atoms with Crippen LogP contribution in [0.3, 0.4) is 0 Å². The minimum atomic E-state index is -0.701. The lowest BCUT2D eigenvalue weighted by Crippen LogP contribution is -2.24. The number of ether oxygens (including phenoxy) is 2. The molecule has 0 fully saturated rings. The predicted octanol–water partition coefficient (Wildman–Crippen LogP) is 2.56. The van der Waals surface area contributed by atoms with Gasteiger partial charge in [0.2, 0.25) is 0 Å². The van der Waals surface area contributed by atoms with Crippen molar-refractivity contribution >= 4 is 11.9 Å². The molecule has 0 bridgehead atoms. The van der Waals surface area contributed by atoms with Gasteiger partial charge in [-0.05, 0) is 33.8 Å². The molecule has 0 aromatic carbocycles. The van der Waals surface area contributed by atoms with Gasteiger partial charge in [-0.1, -0.05) is 23.3 Å². The van der Waals surface area contributed by atoms with Gasteiger partial charge in [0.25, 0.3) is 0 Å². The Labute approximate surface area is 113 Å². The molecule has 4 heteroatoms. The zero-order valence-electron chi connectivity index (χ0n) is 11.9. The number of esters is 2. The third-order valence-corrected chi connectivity index (χ3v) is 2.65. The van der Waals surface area contributed by atoms with Crippen LogP contribution < -0.4 is 0 Å². The molecule has 0 aliphatic heterocycles. The molecule has 1 rings (SSSR count). The molecule has 0 aromatic heterocycles. The van der Waals surface area contributed by atoms with Gasteiger partial charge in [0, 0.05) is 0 Å². The van der Waals surface area contributed by atoms with Crippen LogP contribution in [0, 0.1) is 5.92 Å². The Morgan fingerprint density at radius 3 is 2.26 bits per heavy atom. The average molecular weight is 264 g/mol. The van der Waals surface area contributed by atoms with Crippen molar-refractivity contribution in [3.63, 3.8) is 0 Å². The summed E-state index contributed by atoms with van der Waals surface area (Å²) in [5, 5.41) is 0. The first-order valence-electron chi connectivity index (χ1n) is 6.41. The molecule has 0 saturated carbocycles. The Kier molecular flexibility index (Phi) is 5.55. The van der Waals surface area contributed by atoms with Crippen molar-refractivity contribution in [3.8, 4) is 0 Å². The van der Waals surface area contributed by atoms with E-state index in [2.05, 4.69) is 0 Å². The maximum atomic E-state index is 12.0. The van der Waals surface area contributed by atoms with Crippen LogP contribution in [0.5, 0.6) is 0 Å². The predicted molar refractivity (Wildman–Crippen MR) is 72.4 cm³/mol. The van der Waals surface area contributed by atoms with Gasteiger partial charge in [-0.15, -0.1) is 0 Å². The van der Waals surface area contributed by atoms with Gasteiger partial charge < -0.3 is 9.47 Å². The summed E-state index contributed by atoms with van der Waals surface area (Å²) in [7, 11) is 0. The zero-order chi connectivity index (χ0) is 14.4. The van der Waals surface area contributed by atoms with Crippen molar-refractivity contribution in [1.29, 1.82) is 0 Å². The van der Waals surface area contributed by atoms with Gasteiger partial charge in [-0.3, -0.25) is 4.79 Å². The van der Waals surface area contributed by atoms with E-state index in [9.17, 15) is 9.59 Å². The van der Waals surface area contributed by atoms with Crippen LogP contribution in [-0.2, 0) is 19.1 Å². The number of allylic oxidation sites excluding steroid dienone is 4. The zero-order valence-corrected chi connectivity index (χ0v) is 11.9. The second-order valence-corrected chi connectivity index (χ2v) is 4.35. The molecule has 104 valence electrons. The molecule has 1 aliphatic carbocycles. The largest absolute Gasteiger partial charge is 0.465 e. The van der Waals surface area contributed by atoms with E-state index in [0.717, 1.165) is 11.1 Å². The van der Waals surface area contributed by atoms with Crippen LogP contribution in [0.4, 0.5) is 0 Å². The second kappa shape index (κ2) is 6.92. The fourth-order valence-electron chi connectivity index (χ4n) is 1.96. The fourth-order valence-corrected chi connectivity index (χ4v) is 1.96. The molecule has 0 heterocycles. The molecule has 0 spiro atoms. The van der Waals surface area contributed by atoms with Gasteiger partial charge in [-0.2, -0.15) is 0 Å². The second-order valence-electron chi connectivity index (χ2n) is 4.35. The first-order chi connectivity index (χ1) is 8.99. The third-order valence-electron chi connectivity index (χ3n) is 2.65. The minimum Gasteiger partial charge on any atom is -0.465 e. The van der Waals surface area contributed by atoms with Crippen LogP contribution in [0.15, 0.2) is 34.9 Å². The summed E-state index contributed by atoms with van der Waals surface area (Å²) in [4.78, 5) is 24.0. The van der Waals surface area contributed by atoms with Crippen LogP contribution in [0.2, 0.25) is 0 Å². The quantitative estimate of drug-likeness (QED) is 0.732. The first kappa shape index (κ1) is 15.2. The van der Waals surface area contributed by atoms with Gasteiger partial charge in [0.1, 0.15) is 5.92 Å². The van der Waals surface area contributed by atoms with E-state index >= 15 is 0 Å². The summed E-state index contributed by atoms with van der Waals surface area (Å²) in [6, 6.07) is 0. The van der Waals surface area contributed by atoms with Crippen molar-refractivity contribution in [1.82, 2.24) is 0 Å². The maximum absolute atomic E-state index is 12.0. The number of hydrogen-bond donors (Lipinski definition) is 0. The summed E-state index contributed by atoms with van der Waals surface area (Å²) >= 11 is 0. The summed E-state index contributed by atoms with van der Waals surface area (Å²) in [5.74, 6) is -1.60. The summed E-state index contributed by atoms with van der Waals surface area (Å²) in [6.45, 7) is 7.80. The van der Waals surface area contributed by atoms with E-state index in [-0.39, 0.29) is 13.2 Å². The van der Waals surface area contributed by atoms with E-state index in [0.29, 0.717) is 5.57 Å². The monoisotopic (exact) mass is 264 g/mol. The molecule has 0 amide bonds. The lowest BCUT2D eigenvalue weighted by molar-refractivity contribution is -0.148. The van der Waals surface area contributed by atoms with Crippen LogP contribution in [0.25, 0.3) is 0 Å². The van der Waals surface area contributed by atoms with Crippen molar-refractivity contribution < 1.29 is 19.1 Å².